The number of nitrogens with zero attached hydrogens (tertiary/aromatic N) is 1. The van der Waals surface area contributed by atoms with Gasteiger partial charge >= 0.3 is 0 Å². The summed E-state index contributed by atoms with van der Waals surface area (Å²) in [5.41, 5.74) is 20.9. The summed E-state index contributed by atoms with van der Waals surface area (Å²) in [7, 11) is 0. The van der Waals surface area contributed by atoms with Crippen molar-refractivity contribution < 1.29 is 0 Å². The predicted molar refractivity (Wildman–Crippen MR) is 306 cm³/mol. The zero-order chi connectivity index (χ0) is 48.4. The van der Waals surface area contributed by atoms with E-state index in [0.29, 0.717) is 0 Å². The lowest BCUT2D eigenvalue weighted by atomic mass is 9.79. The molecule has 0 aliphatic carbocycles. The Kier molecular flexibility index (Phi) is 10.7. The van der Waals surface area contributed by atoms with E-state index in [1.807, 2.05) is 0 Å². The van der Waals surface area contributed by atoms with Gasteiger partial charge in [-0.25, -0.2) is 0 Å². The van der Waals surface area contributed by atoms with Crippen molar-refractivity contribution in [3.05, 3.63) is 248 Å². The van der Waals surface area contributed by atoms with Gasteiger partial charge in [0.2, 0.25) is 0 Å². The molecule has 0 aliphatic heterocycles. The molecule has 0 atom stereocenters. The molecule has 71 heavy (non-hydrogen) atoms. The van der Waals surface area contributed by atoms with Crippen molar-refractivity contribution in [2.45, 2.75) is 52.4 Å². The van der Waals surface area contributed by atoms with Gasteiger partial charge in [-0.15, -0.1) is 0 Å². The molecule has 0 saturated heterocycles. The monoisotopic (exact) mass is 911 g/mol. The van der Waals surface area contributed by atoms with Crippen molar-refractivity contribution in [3.8, 4) is 72.4 Å². The lowest BCUT2D eigenvalue weighted by molar-refractivity contribution is 0.590. The molecule has 1 nitrogen and oxygen atoms in total. The Morgan fingerprint density at radius 2 is 0.549 bits per heavy atom. The van der Waals surface area contributed by atoms with E-state index in [1.54, 1.807) is 0 Å². The van der Waals surface area contributed by atoms with Gasteiger partial charge in [0.15, 0.2) is 0 Å². The fourth-order valence-corrected chi connectivity index (χ4v) is 10.8. The smallest absolute Gasteiger partial charge is 0.0541 e. The largest absolute Gasteiger partial charge is 0.309 e. The molecule has 0 fully saturated rings. The Morgan fingerprint density at radius 3 is 0.930 bits per heavy atom. The summed E-state index contributed by atoms with van der Waals surface area (Å²) in [6.45, 7) is 13.9. The number of aromatic nitrogens is 1. The first kappa shape index (κ1) is 44.0. The highest BCUT2D eigenvalue weighted by Crippen LogP contribution is 2.47. The molecule has 1 heterocycles. The number of hydrogen-bond donors (Lipinski definition) is 0. The quantitative estimate of drug-likeness (QED) is 0.140. The average molecular weight is 912 g/mol. The third-order valence-corrected chi connectivity index (χ3v) is 14.7. The molecule has 0 saturated carbocycles. The zero-order valence-electron chi connectivity index (χ0n) is 41.5. The molecular weight excluding hydrogens is 855 g/mol. The summed E-state index contributed by atoms with van der Waals surface area (Å²) in [6.07, 6.45) is 0. The van der Waals surface area contributed by atoms with E-state index < -0.39 is 0 Å². The van der Waals surface area contributed by atoms with Crippen molar-refractivity contribution >= 4 is 43.4 Å². The van der Waals surface area contributed by atoms with Gasteiger partial charge in [-0.1, -0.05) is 230 Å². The summed E-state index contributed by atoms with van der Waals surface area (Å²) >= 11 is 0. The van der Waals surface area contributed by atoms with Gasteiger partial charge in [0, 0.05) is 16.5 Å². The fourth-order valence-electron chi connectivity index (χ4n) is 10.8. The normalized spacial score (nSPS) is 12.1. The van der Waals surface area contributed by atoms with Crippen LogP contribution in [-0.4, -0.2) is 4.57 Å². The molecule has 12 aromatic rings. The van der Waals surface area contributed by atoms with E-state index in [2.05, 4.69) is 283 Å². The highest BCUT2D eigenvalue weighted by atomic mass is 15.0. The Hall–Kier alpha value is -8.26. The first-order valence-corrected chi connectivity index (χ1v) is 25.1. The summed E-state index contributed by atoms with van der Waals surface area (Å²) < 4.78 is 2.40. The van der Waals surface area contributed by atoms with E-state index in [9.17, 15) is 0 Å². The van der Waals surface area contributed by atoms with E-state index in [0.717, 1.165) is 5.69 Å². The molecule has 11 aromatic carbocycles. The summed E-state index contributed by atoms with van der Waals surface area (Å²) in [4.78, 5) is 0. The number of fused-ring (bicyclic) bond motifs is 5. The maximum Gasteiger partial charge on any atom is 0.0541 e. The molecule has 1 aromatic heterocycles. The fraction of sp³-hybridized carbons (Fsp3) is 0.114. The first-order chi connectivity index (χ1) is 34.5. The van der Waals surface area contributed by atoms with E-state index >= 15 is 0 Å². The van der Waals surface area contributed by atoms with Crippen LogP contribution in [0.1, 0.15) is 52.7 Å². The molecule has 12 rings (SSSR count). The Labute approximate surface area is 418 Å². The van der Waals surface area contributed by atoms with Crippen molar-refractivity contribution in [3.63, 3.8) is 0 Å². The van der Waals surface area contributed by atoms with Gasteiger partial charge in [0.1, 0.15) is 0 Å². The summed E-state index contributed by atoms with van der Waals surface area (Å²) in [5, 5.41) is 7.59. The van der Waals surface area contributed by atoms with Gasteiger partial charge in [-0.2, -0.15) is 0 Å². The van der Waals surface area contributed by atoms with Crippen molar-refractivity contribution in [1.29, 1.82) is 0 Å². The molecule has 342 valence electrons. The molecule has 0 spiro atoms. The topological polar surface area (TPSA) is 4.93 Å². The van der Waals surface area contributed by atoms with Crippen LogP contribution < -0.4 is 0 Å². The molecule has 0 N–H and O–H groups in total. The molecule has 1 heteroatoms. The highest BCUT2D eigenvalue weighted by molar-refractivity contribution is 6.22. The Bertz CT molecular complexity index is 3920. The van der Waals surface area contributed by atoms with E-state index in [-0.39, 0.29) is 10.8 Å². The van der Waals surface area contributed by atoms with E-state index in [4.69, 9.17) is 0 Å². The van der Waals surface area contributed by atoms with E-state index in [1.165, 1.54) is 121 Å². The maximum absolute atomic E-state index is 2.47. The highest BCUT2D eigenvalue weighted by Gasteiger charge is 2.23. The van der Waals surface area contributed by atoms with Crippen molar-refractivity contribution in [1.82, 2.24) is 4.57 Å². The van der Waals surface area contributed by atoms with Crippen LogP contribution in [0, 0.1) is 0 Å². The minimum atomic E-state index is -0.0254. The van der Waals surface area contributed by atoms with Gasteiger partial charge in [0.05, 0.1) is 11.0 Å². The third kappa shape index (κ3) is 8.02. The SMILES string of the molecule is CC(C)(C)c1ccc2c(-c3ccc(-c4ccc5c(c4)c4cc(-c6ccccc6)ccc4n5-c4ccccc4)cc3)c3cc(C(C)(C)C)ccc3c(-c3ccc(-c4ccc(-c5ccccc5)cc4)cc3)c2c1. The lowest BCUT2D eigenvalue weighted by Gasteiger charge is -2.25. The number of para-hydroxylation sites is 1. The van der Waals surface area contributed by atoms with Crippen LogP contribution >= 0.6 is 0 Å². The van der Waals surface area contributed by atoms with Crippen LogP contribution in [0.25, 0.3) is 116 Å². The van der Waals surface area contributed by atoms with Gasteiger partial charge in [-0.3, -0.25) is 0 Å². The van der Waals surface area contributed by atoms with Crippen molar-refractivity contribution in [2.24, 2.45) is 0 Å². The molecule has 0 unspecified atom stereocenters. The van der Waals surface area contributed by atoms with Crippen LogP contribution in [0.15, 0.2) is 237 Å². The maximum atomic E-state index is 2.47. The zero-order valence-corrected chi connectivity index (χ0v) is 41.5. The number of benzene rings is 11. The number of rotatable bonds is 7. The molecule has 0 amide bonds. The summed E-state index contributed by atoms with van der Waals surface area (Å²) in [5.74, 6) is 0. The molecular formula is C70H57N. The minimum Gasteiger partial charge on any atom is -0.309 e. The predicted octanol–water partition coefficient (Wildman–Crippen LogP) is 19.7. The van der Waals surface area contributed by atoms with Crippen molar-refractivity contribution in [2.75, 3.05) is 0 Å². The third-order valence-electron chi connectivity index (χ3n) is 14.7. The standard InChI is InChI=1S/C70H57N/c1-69(2,3)56-37-39-60-63(44-56)67(52-30-26-50(27-31-52)49-24-22-48(23-25-49)46-16-10-7-11-17-46)59-38-36-57(70(4,5)6)45-64(59)68(60)53-32-28-51(29-33-53)55-35-41-66-62(43-55)61-42-54(47-18-12-8-13-19-47)34-40-65(61)71(66)58-20-14-9-15-21-58/h7-45H,1-6H3. The van der Waals surface area contributed by atoms with Crippen LogP contribution in [0.5, 0.6) is 0 Å². The van der Waals surface area contributed by atoms with Gasteiger partial charge in [-0.05, 0) is 159 Å². The van der Waals surface area contributed by atoms with Gasteiger partial charge < -0.3 is 4.57 Å². The first-order valence-electron chi connectivity index (χ1n) is 25.1. The van der Waals surface area contributed by atoms with Crippen LogP contribution in [0.3, 0.4) is 0 Å². The molecule has 0 bridgehead atoms. The second-order valence-electron chi connectivity index (χ2n) is 21.4. The van der Waals surface area contributed by atoms with Crippen LogP contribution in [-0.2, 0) is 10.8 Å². The molecule has 0 aliphatic rings. The van der Waals surface area contributed by atoms with Crippen LogP contribution in [0.4, 0.5) is 0 Å². The number of hydrogen-bond acceptors (Lipinski definition) is 0. The second kappa shape index (κ2) is 17.3. The molecule has 0 radical (unpaired) electrons. The second-order valence-corrected chi connectivity index (χ2v) is 21.4. The van der Waals surface area contributed by atoms with Gasteiger partial charge in [0.25, 0.3) is 0 Å². The van der Waals surface area contributed by atoms with Crippen LogP contribution in [0.2, 0.25) is 0 Å². The Balaban J connectivity index is 1.00. The minimum absolute atomic E-state index is 0.0221. The lowest BCUT2D eigenvalue weighted by Crippen LogP contribution is -2.11. The average Bonchev–Trinajstić information content (AvgIpc) is 3.73. The Morgan fingerprint density at radius 1 is 0.239 bits per heavy atom. The summed E-state index contributed by atoms with van der Waals surface area (Å²) in [6, 6.07) is 88.0.